The molecule has 5 heteroatoms. The van der Waals surface area contributed by atoms with Crippen molar-refractivity contribution in [2.45, 2.75) is 24.3 Å². The van der Waals surface area contributed by atoms with Crippen LogP contribution >= 0.6 is 11.8 Å². The van der Waals surface area contributed by atoms with Crippen LogP contribution in [0.2, 0.25) is 0 Å². The van der Waals surface area contributed by atoms with Crippen LogP contribution in [0.5, 0.6) is 0 Å². The third kappa shape index (κ3) is 3.72. The summed E-state index contributed by atoms with van der Waals surface area (Å²) >= 11 is 1.51. The van der Waals surface area contributed by atoms with Gasteiger partial charge >= 0.3 is 0 Å². The van der Waals surface area contributed by atoms with Crippen molar-refractivity contribution in [3.8, 4) is 0 Å². The number of hydrogen-bond acceptors (Lipinski definition) is 3. The maximum Gasteiger partial charge on any atom is 0.233 e. The monoisotopic (exact) mass is 330 g/mol. The first-order valence-corrected chi connectivity index (χ1v) is 8.71. The van der Waals surface area contributed by atoms with Gasteiger partial charge in [-0.3, -0.25) is 9.78 Å². The number of carbonyl (C=O) groups is 1. The number of amides is 1. The highest BCUT2D eigenvalue weighted by Crippen LogP contribution is 2.37. The summed E-state index contributed by atoms with van der Waals surface area (Å²) in [5.41, 5.74) is 0.886. The number of nitrogens with zero attached hydrogens (tertiary/aromatic N) is 2. The molecule has 1 fully saturated rings. The Balaban J connectivity index is 1.71. The van der Waals surface area contributed by atoms with Crippen LogP contribution < -0.4 is 0 Å². The molecule has 23 heavy (non-hydrogen) atoms. The van der Waals surface area contributed by atoms with Gasteiger partial charge in [-0.25, -0.2) is 4.39 Å². The van der Waals surface area contributed by atoms with E-state index in [2.05, 4.69) is 11.9 Å². The maximum absolute atomic E-state index is 13.5. The second-order valence-corrected chi connectivity index (χ2v) is 6.87. The molecule has 2 aromatic rings. The lowest BCUT2D eigenvalue weighted by Crippen LogP contribution is -2.33. The molecule has 1 aromatic heterocycles. The molecule has 1 amide bonds. The molecule has 1 aliphatic heterocycles. The Kier molecular flexibility index (Phi) is 4.96. The van der Waals surface area contributed by atoms with Gasteiger partial charge in [-0.1, -0.05) is 19.1 Å². The quantitative estimate of drug-likeness (QED) is 0.797. The predicted molar refractivity (Wildman–Crippen MR) is 89.6 cm³/mol. The first kappa shape index (κ1) is 16.0. The van der Waals surface area contributed by atoms with Gasteiger partial charge in [-0.05, 0) is 42.2 Å². The average Bonchev–Trinajstić information content (AvgIpc) is 2.95. The number of carbonyl (C=O) groups excluding carboxylic acids is 1. The van der Waals surface area contributed by atoms with Gasteiger partial charge in [-0.15, -0.1) is 11.8 Å². The zero-order valence-corrected chi connectivity index (χ0v) is 13.8. The van der Waals surface area contributed by atoms with Gasteiger partial charge < -0.3 is 4.90 Å². The van der Waals surface area contributed by atoms with Crippen LogP contribution in [0.25, 0.3) is 0 Å². The standard InChI is InChI=1S/C18H19FN2OS/c1-13-7-10-21(18(13)14-3-2-4-15(19)11-14)17(22)12-23-16-5-8-20-9-6-16/h2-6,8-9,11,13,18H,7,10,12H2,1H3/t13-,18-/m0/s1. The van der Waals surface area contributed by atoms with Crippen LogP contribution in [0.3, 0.4) is 0 Å². The number of rotatable bonds is 4. The van der Waals surface area contributed by atoms with E-state index in [1.165, 1.54) is 17.8 Å². The van der Waals surface area contributed by atoms with Crippen molar-refractivity contribution in [2.24, 2.45) is 5.92 Å². The van der Waals surface area contributed by atoms with Gasteiger partial charge in [0.15, 0.2) is 0 Å². The molecule has 1 aromatic carbocycles. The van der Waals surface area contributed by atoms with Crippen molar-refractivity contribution in [2.75, 3.05) is 12.3 Å². The molecule has 2 atom stereocenters. The first-order chi connectivity index (χ1) is 11.1. The highest BCUT2D eigenvalue weighted by Gasteiger charge is 2.35. The van der Waals surface area contributed by atoms with E-state index in [1.807, 2.05) is 23.1 Å². The van der Waals surface area contributed by atoms with E-state index in [0.717, 1.165) is 23.4 Å². The van der Waals surface area contributed by atoms with Gasteiger partial charge in [-0.2, -0.15) is 0 Å². The predicted octanol–water partition coefficient (Wildman–Crippen LogP) is 3.92. The molecule has 0 bridgehead atoms. The Labute approximate surface area is 139 Å². The van der Waals surface area contributed by atoms with Crippen LogP contribution in [-0.4, -0.2) is 28.1 Å². The second-order valence-electron chi connectivity index (χ2n) is 5.82. The van der Waals surface area contributed by atoms with Crippen molar-refractivity contribution in [3.63, 3.8) is 0 Å². The van der Waals surface area contributed by atoms with E-state index >= 15 is 0 Å². The minimum Gasteiger partial charge on any atom is -0.335 e. The Morgan fingerprint density at radius 2 is 2.13 bits per heavy atom. The van der Waals surface area contributed by atoms with E-state index in [4.69, 9.17) is 0 Å². The molecule has 0 saturated carbocycles. The topological polar surface area (TPSA) is 33.2 Å². The molecule has 1 saturated heterocycles. The highest BCUT2D eigenvalue weighted by atomic mass is 32.2. The Bertz CT molecular complexity index is 680. The Morgan fingerprint density at radius 1 is 1.35 bits per heavy atom. The van der Waals surface area contributed by atoms with E-state index in [-0.39, 0.29) is 17.8 Å². The van der Waals surface area contributed by atoms with Crippen molar-refractivity contribution >= 4 is 17.7 Å². The molecule has 0 unspecified atom stereocenters. The Morgan fingerprint density at radius 3 is 2.87 bits per heavy atom. The van der Waals surface area contributed by atoms with Crippen LogP contribution in [-0.2, 0) is 4.79 Å². The molecule has 0 aliphatic carbocycles. The lowest BCUT2D eigenvalue weighted by molar-refractivity contribution is -0.129. The third-order valence-corrected chi connectivity index (χ3v) is 5.22. The van der Waals surface area contributed by atoms with Crippen LogP contribution in [0.1, 0.15) is 24.9 Å². The SMILES string of the molecule is C[C@H]1CCN(C(=O)CSc2ccncc2)[C@@H]1c1cccc(F)c1. The fourth-order valence-corrected chi connectivity index (χ4v) is 3.86. The second kappa shape index (κ2) is 7.13. The molecule has 0 radical (unpaired) electrons. The summed E-state index contributed by atoms with van der Waals surface area (Å²) in [7, 11) is 0. The van der Waals surface area contributed by atoms with E-state index in [1.54, 1.807) is 24.5 Å². The Hall–Kier alpha value is -1.88. The molecule has 0 N–H and O–H groups in total. The van der Waals surface area contributed by atoms with Gasteiger partial charge in [0.1, 0.15) is 5.82 Å². The van der Waals surface area contributed by atoms with Gasteiger partial charge in [0.2, 0.25) is 5.91 Å². The number of thioether (sulfide) groups is 1. The fourth-order valence-electron chi connectivity index (χ4n) is 3.09. The first-order valence-electron chi connectivity index (χ1n) is 7.73. The summed E-state index contributed by atoms with van der Waals surface area (Å²) in [4.78, 5) is 19.5. The summed E-state index contributed by atoms with van der Waals surface area (Å²) in [6.45, 7) is 2.86. The minimum atomic E-state index is -0.250. The number of halogens is 1. The molecule has 0 spiro atoms. The maximum atomic E-state index is 13.5. The summed E-state index contributed by atoms with van der Waals surface area (Å²) in [5.74, 6) is 0.583. The smallest absolute Gasteiger partial charge is 0.233 e. The van der Waals surface area contributed by atoms with Crippen molar-refractivity contribution < 1.29 is 9.18 Å². The normalized spacial score (nSPS) is 20.7. The van der Waals surface area contributed by atoms with Gasteiger partial charge in [0.05, 0.1) is 11.8 Å². The van der Waals surface area contributed by atoms with Crippen molar-refractivity contribution in [1.29, 1.82) is 0 Å². The number of pyridine rings is 1. The highest BCUT2D eigenvalue weighted by molar-refractivity contribution is 8.00. The van der Waals surface area contributed by atoms with Crippen LogP contribution in [0.4, 0.5) is 4.39 Å². The fraction of sp³-hybridized carbons (Fsp3) is 0.333. The summed E-state index contributed by atoms with van der Waals surface area (Å²) in [6, 6.07) is 10.4. The third-order valence-electron chi connectivity index (χ3n) is 4.22. The number of hydrogen-bond donors (Lipinski definition) is 0. The molecule has 2 heterocycles. The minimum absolute atomic E-state index is 0.0313. The van der Waals surface area contributed by atoms with Crippen molar-refractivity contribution in [3.05, 3.63) is 60.2 Å². The molecule has 120 valence electrons. The molecular formula is C18H19FN2OS. The zero-order valence-electron chi connectivity index (χ0n) is 13.0. The summed E-state index contributed by atoms with van der Waals surface area (Å²) in [6.07, 6.45) is 4.40. The summed E-state index contributed by atoms with van der Waals surface area (Å²) < 4.78 is 13.5. The molecule has 3 nitrogen and oxygen atoms in total. The van der Waals surface area contributed by atoms with Crippen LogP contribution in [0, 0.1) is 11.7 Å². The zero-order chi connectivity index (χ0) is 16.2. The van der Waals surface area contributed by atoms with E-state index in [9.17, 15) is 9.18 Å². The van der Waals surface area contributed by atoms with Crippen molar-refractivity contribution in [1.82, 2.24) is 9.88 Å². The number of aromatic nitrogens is 1. The number of benzene rings is 1. The van der Waals surface area contributed by atoms with E-state index < -0.39 is 0 Å². The lowest BCUT2D eigenvalue weighted by Gasteiger charge is -2.27. The molecular weight excluding hydrogens is 311 g/mol. The average molecular weight is 330 g/mol. The summed E-state index contributed by atoms with van der Waals surface area (Å²) in [5, 5.41) is 0. The molecule has 1 aliphatic rings. The lowest BCUT2D eigenvalue weighted by atomic mass is 9.95. The van der Waals surface area contributed by atoms with Gasteiger partial charge in [0.25, 0.3) is 0 Å². The van der Waals surface area contributed by atoms with Gasteiger partial charge in [0, 0.05) is 23.8 Å². The molecule has 3 rings (SSSR count). The largest absolute Gasteiger partial charge is 0.335 e. The number of likely N-dealkylation sites (tertiary alicyclic amines) is 1. The van der Waals surface area contributed by atoms with Crippen LogP contribution in [0.15, 0.2) is 53.7 Å². The van der Waals surface area contributed by atoms with E-state index in [0.29, 0.717) is 11.7 Å².